The first-order valence-corrected chi connectivity index (χ1v) is 6.51. The molecule has 1 rings (SSSR count). The van der Waals surface area contributed by atoms with Crippen LogP contribution in [-0.2, 0) is 11.2 Å². The van der Waals surface area contributed by atoms with E-state index in [0.717, 1.165) is 5.56 Å². The first-order valence-electron chi connectivity index (χ1n) is 6.51. The number of benzene rings is 1. The van der Waals surface area contributed by atoms with E-state index in [-0.39, 0.29) is 23.7 Å². The van der Waals surface area contributed by atoms with E-state index in [4.69, 9.17) is 0 Å². The molecule has 0 heterocycles. The predicted octanol–water partition coefficient (Wildman–Crippen LogP) is 2.97. The largest absolute Gasteiger partial charge is 0.508 e. The van der Waals surface area contributed by atoms with Gasteiger partial charge in [0.05, 0.1) is 0 Å². The smallest absolute Gasteiger partial charge is 0.223 e. The molecule has 1 aromatic carbocycles. The van der Waals surface area contributed by atoms with E-state index < -0.39 is 0 Å². The van der Waals surface area contributed by atoms with Gasteiger partial charge < -0.3 is 10.0 Å². The van der Waals surface area contributed by atoms with Crippen molar-refractivity contribution in [2.24, 2.45) is 0 Å². The lowest BCUT2D eigenvalue weighted by molar-refractivity contribution is -0.134. The normalized spacial score (nSPS) is 11.0. The first kappa shape index (κ1) is 14.6. The fraction of sp³-hybridized carbons (Fsp3) is 0.533. The molecule has 0 aromatic heterocycles. The number of carbonyl (C=O) groups is 1. The number of amides is 1. The summed E-state index contributed by atoms with van der Waals surface area (Å²) in [5.74, 6) is 0.411. The number of aromatic hydroxyl groups is 1. The summed E-state index contributed by atoms with van der Waals surface area (Å²) in [5.41, 5.74) is 0.832. The van der Waals surface area contributed by atoms with Gasteiger partial charge in [0, 0.05) is 18.5 Å². The standard InChI is InChI=1S/C15H23NO2/c1-11(2)16(12(3)4)15(18)10-9-13-7-5-6-8-14(13)17/h5-8,11-12,17H,9-10H2,1-4H3. The molecule has 0 radical (unpaired) electrons. The van der Waals surface area contributed by atoms with Crippen molar-refractivity contribution in [1.29, 1.82) is 0 Å². The van der Waals surface area contributed by atoms with Gasteiger partial charge in [0.1, 0.15) is 5.75 Å². The van der Waals surface area contributed by atoms with E-state index in [1.165, 1.54) is 0 Å². The molecule has 0 aliphatic heterocycles. The second-order valence-electron chi connectivity index (χ2n) is 5.12. The maximum atomic E-state index is 12.2. The molecule has 0 spiro atoms. The third-order valence-electron chi connectivity index (χ3n) is 3.00. The van der Waals surface area contributed by atoms with Crippen LogP contribution in [0.3, 0.4) is 0 Å². The Hall–Kier alpha value is -1.51. The van der Waals surface area contributed by atoms with E-state index in [2.05, 4.69) is 0 Å². The first-order chi connectivity index (χ1) is 8.43. The Morgan fingerprint density at radius 2 is 1.72 bits per heavy atom. The van der Waals surface area contributed by atoms with Crippen molar-refractivity contribution in [1.82, 2.24) is 4.90 Å². The lowest BCUT2D eigenvalue weighted by atomic mass is 10.1. The summed E-state index contributed by atoms with van der Waals surface area (Å²) in [7, 11) is 0. The van der Waals surface area contributed by atoms with Crippen LogP contribution < -0.4 is 0 Å². The number of aryl methyl sites for hydroxylation is 1. The highest BCUT2D eigenvalue weighted by Gasteiger charge is 2.19. The summed E-state index contributed by atoms with van der Waals surface area (Å²) in [6, 6.07) is 7.60. The molecular weight excluding hydrogens is 226 g/mol. The molecule has 1 amide bonds. The van der Waals surface area contributed by atoms with Crippen molar-refractivity contribution >= 4 is 5.91 Å². The zero-order valence-corrected chi connectivity index (χ0v) is 11.7. The van der Waals surface area contributed by atoms with E-state index in [9.17, 15) is 9.90 Å². The van der Waals surface area contributed by atoms with E-state index in [1.807, 2.05) is 44.7 Å². The second kappa shape index (κ2) is 6.43. The van der Waals surface area contributed by atoms with Crippen molar-refractivity contribution in [2.45, 2.75) is 52.6 Å². The van der Waals surface area contributed by atoms with Crippen molar-refractivity contribution in [2.75, 3.05) is 0 Å². The maximum Gasteiger partial charge on any atom is 0.223 e. The van der Waals surface area contributed by atoms with Crippen molar-refractivity contribution in [3.8, 4) is 5.75 Å². The Kier molecular flexibility index (Phi) is 5.20. The van der Waals surface area contributed by atoms with Crippen molar-refractivity contribution in [3.63, 3.8) is 0 Å². The van der Waals surface area contributed by atoms with Gasteiger partial charge in [-0.25, -0.2) is 0 Å². The number of hydrogen-bond donors (Lipinski definition) is 1. The molecule has 0 aliphatic rings. The zero-order valence-electron chi connectivity index (χ0n) is 11.7. The topological polar surface area (TPSA) is 40.5 Å². The van der Waals surface area contributed by atoms with Crippen LogP contribution in [0.2, 0.25) is 0 Å². The van der Waals surface area contributed by atoms with Crippen molar-refractivity contribution < 1.29 is 9.90 Å². The number of carbonyl (C=O) groups excluding carboxylic acids is 1. The molecule has 0 fully saturated rings. The number of phenolic OH excluding ortho intramolecular Hbond substituents is 1. The van der Waals surface area contributed by atoms with Crippen LogP contribution in [0.1, 0.15) is 39.7 Å². The summed E-state index contributed by atoms with van der Waals surface area (Å²) in [4.78, 5) is 14.0. The monoisotopic (exact) mass is 249 g/mol. The minimum atomic E-state index is 0.142. The summed E-state index contributed by atoms with van der Waals surface area (Å²) in [6.07, 6.45) is 1.02. The van der Waals surface area contributed by atoms with Crippen LogP contribution in [0.4, 0.5) is 0 Å². The molecule has 0 saturated heterocycles. The minimum Gasteiger partial charge on any atom is -0.508 e. The average molecular weight is 249 g/mol. The molecule has 0 saturated carbocycles. The summed E-state index contributed by atoms with van der Waals surface area (Å²) < 4.78 is 0. The SMILES string of the molecule is CC(C)N(C(=O)CCc1ccccc1O)C(C)C. The highest BCUT2D eigenvalue weighted by Crippen LogP contribution is 2.18. The summed E-state index contributed by atoms with van der Waals surface area (Å²) in [5, 5.41) is 9.66. The van der Waals surface area contributed by atoms with Crippen LogP contribution in [0, 0.1) is 0 Å². The molecule has 18 heavy (non-hydrogen) atoms. The number of nitrogens with zero attached hydrogens (tertiary/aromatic N) is 1. The second-order valence-corrected chi connectivity index (χ2v) is 5.12. The number of para-hydroxylation sites is 1. The molecule has 3 heteroatoms. The van der Waals surface area contributed by atoms with Crippen LogP contribution in [0.25, 0.3) is 0 Å². The highest BCUT2D eigenvalue weighted by atomic mass is 16.3. The summed E-state index contributed by atoms with van der Waals surface area (Å²) in [6.45, 7) is 8.10. The Morgan fingerprint density at radius 3 is 2.22 bits per heavy atom. The third kappa shape index (κ3) is 3.76. The van der Waals surface area contributed by atoms with Gasteiger partial charge in [-0.1, -0.05) is 18.2 Å². The molecule has 1 N–H and O–H groups in total. The van der Waals surface area contributed by atoms with Gasteiger partial charge in [-0.3, -0.25) is 4.79 Å². The lowest BCUT2D eigenvalue weighted by Crippen LogP contribution is -2.42. The van der Waals surface area contributed by atoms with Gasteiger partial charge in [-0.05, 0) is 45.7 Å². The van der Waals surface area contributed by atoms with E-state index in [0.29, 0.717) is 12.8 Å². The van der Waals surface area contributed by atoms with Gasteiger partial charge in [0.25, 0.3) is 0 Å². The molecule has 0 aliphatic carbocycles. The van der Waals surface area contributed by atoms with Crippen molar-refractivity contribution in [3.05, 3.63) is 29.8 Å². The zero-order chi connectivity index (χ0) is 13.7. The Bertz CT molecular complexity index is 391. The number of rotatable bonds is 5. The van der Waals surface area contributed by atoms with Gasteiger partial charge >= 0.3 is 0 Å². The van der Waals surface area contributed by atoms with E-state index >= 15 is 0 Å². The van der Waals surface area contributed by atoms with Crippen LogP contribution in [-0.4, -0.2) is 28.0 Å². The maximum absolute atomic E-state index is 12.2. The molecule has 1 aromatic rings. The van der Waals surface area contributed by atoms with Crippen LogP contribution in [0.5, 0.6) is 5.75 Å². The highest BCUT2D eigenvalue weighted by molar-refractivity contribution is 5.77. The van der Waals surface area contributed by atoms with Gasteiger partial charge in [0.15, 0.2) is 0 Å². The minimum absolute atomic E-state index is 0.142. The molecular formula is C15H23NO2. The lowest BCUT2D eigenvalue weighted by Gasteiger charge is -2.31. The Labute approximate surface area is 109 Å². The quantitative estimate of drug-likeness (QED) is 0.871. The van der Waals surface area contributed by atoms with Crippen LogP contribution >= 0.6 is 0 Å². The summed E-state index contributed by atoms with van der Waals surface area (Å²) >= 11 is 0. The molecule has 0 bridgehead atoms. The number of hydrogen-bond acceptors (Lipinski definition) is 2. The van der Waals surface area contributed by atoms with Crippen LogP contribution in [0.15, 0.2) is 24.3 Å². The molecule has 100 valence electrons. The molecule has 3 nitrogen and oxygen atoms in total. The third-order valence-corrected chi connectivity index (χ3v) is 3.00. The predicted molar refractivity (Wildman–Crippen MR) is 73.5 cm³/mol. The fourth-order valence-electron chi connectivity index (χ4n) is 2.27. The molecule has 0 atom stereocenters. The average Bonchev–Trinajstić information content (AvgIpc) is 2.27. The fourth-order valence-corrected chi connectivity index (χ4v) is 2.27. The van der Waals surface area contributed by atoms with Gasteiger partial charge in [0.2, 0.25) is 5.91 Å². The number of phenols is 1. The van der Waals surface area contributed by atoms with Gasteiger partial charge in [-0.15, -0.1) is 0 Å². The Balaban J connectivity index is 2.63. The van der Waals surface area contributed by atoms with E-state index in [1.54, 1.807) is 12.1 Å². The molecule has 0 unspecified atom stereocenters. The van der Waals surface area contributed by atoms with Gasteiger partial charge in [-0.2, -0.15) is 0 Å². The Morgan fingerprint density at radius 1 is 1.17 bits per heavy atom.